The molecule has 0 amide bonds. The lowest BCUT2D eigenvalue weighted by Crippen LogP contribution is -2.29. The van der Waals surface area contributed by atoms with Crippen molar-refractivity contribution in [2.75, 3.05) is 27.4 Å². The highest BCUT2D eigenvalue weighted by Crippen LogP contribution is 2.35. The first-order valence-electron chi connectivity index (χ1n) is 6.55. The largest absolute Gasteiger partial charge is 0.493 e. The molecule has 5 heteroatoms. The summed E-state index contributed by atoms with van der Waals surface area (Å²) in [5.74, 6) is 1.34. The third kappa shape index (κ3) is 2.37. The Hall–Kier alpha value is -1.07. The molecule has 2 atom stereocenters. The van der Waals surface area contributed by atoms with Crippen molar-refractivity contribution in [1.29, 1.82) is 0 Å². The lowest BCUT2D eigenvalue weighted by Gasteiger charge is -2.25. The second-order valence-corrected chi connectivity index (χ2v) is 5.03. The Morgan fingerprint density at radius 3 is 2.83 bits per heavy atom. The number of rotatable bonds is 5. The molecule has 2 heterocycles. The molecular weight excluding hydrogens is 230 g/mol. The van der Waals surface area contributed by atoms with Gasteiger partial charge in [0.05, 0.1) is 31.6 Å². The first kappa shape index (κ1) is 13.4. The quantitative estimate of drug-likeness (QED) is 0.869. The molecule has 0 radical (unpaired) electrons. The topological polar surface area (TPSA) is 48.3 Å². The minimum atomic E-state index is 0.229. The zero-order valence-corrected chi connectivity index (χ0v) is 11.6. The van der Waals surface area contributed by atoms with Crippen molar-refractivity contribution in [2.24, 2.45) is 5.92 Å². The summed E-state index contributed by atoms with van der Waals surface area (Å²) >= 11 is 0. The Balaban J connectivity index is 2.35. The van der Waals surface area contributed by atoms with Crippen molar-refractivity contribution in [3.05, 3.63) is 11.9 Å². The van der Waals surface area contributed by atoms with Gasteiger partial charge in [-0.15, -0.1) is 0 Å². The van der Waals surface area contributed by atoms with Crippen LogP contribution in [0.25, 0.3) is 0 Å². The minimum absolute atomic E-state index is 0.229. The van der Waals surface area contributed by atoms with Crippen molar-refractivity contribution in [1.82, 2.24) is 15.1 Å². The van der Waals surface area contributed by atoms with Gasteiger partial charge >= 0.3 is 0 Å². The summed E-state index contributed by atoms with van der Waals surface area (Å²) in [5.41, 5.74) is 1.13. The standard InChI is InChI=1S/C13H23N3O2/c1-9(2)16-13(11(17-4)7-15-16)12(14-3)10-5-6-18-8-10/h7,9-10,12,14H,5-6,8H2,1-4H3. The van der Waals surface area contributed by atoms with Gasteiger partial charge in [-0.3, -0.25) is 4.68 Å². The first-order chi connectivity index (χ1) is 8.69. The zero-order valence-electron chi connectivity index (χ0n) is 11.6. The highest BCUT2D eigenvalue weighted by molar-refractivity contribution is 5.29. The van der Waals surface area contributed by atoms with Gasteiger partial charge in [0.1, 0.15) is 0 Å². The van der Waals surface area contributed by atoms with Crippen LogP contribution in [-0.4, -0.2) is 37.2 Å². The lowest BCUT2D eigenvalue weighted by molar-refractivity contribution is 0.175. The van der Waals surface area contributed by atoms with Gasteiger partial charge in [-0.1, -0.05) is 0 Å². The molecule has 0 spiro atoms. The Kier molecular flexibility index (Phi) is 4.24. The van der Waals surface area contributed by atoms with E-state index in [0.717, 1.165) is 31.1 Å². The van der Waals surface area contributed by atoms with Crippen LogP contribution < -0.4 is 10.1 Å². The van der Waals surface area contributed by atoms with E-state index >= 15 is 0 Å². The summed E-state index contributed by atoms with van der Waals surface area (Å²) in [6, 6.07) is 0.550. The van der Waals surface area contributed by atoms with Crippen LogP contribution in [0.5, 0.6) is 5.75 Å². The predicted octanol–water partition coefficient (Wildman–Crippen LogP) is 1.77. The van der Waals surface area contributed by atoms with E-state index in [4.69, 9.17) is 9.47 Å². The van der Waals surface area contributed by atoms with Gasteiger partial charge in [-0.2, -0.15) is 5.10 Å². The molecule has 1 N–H and O–H groups in total. The molecule has 5 nitrogen and oxygen atoms in total. The molecule has 0 saturated carbocycles. The smallest absolute Gasteiger partial charge is 0.161 e. The van der Waals surface area contributed by atoms with E-state index in [-0.39, 0.29) is 6.04 Å². The summed E-state index contributed by atoms with van der Waals surface area (Å²) in [5, 5.41) is 7.83. The van der Waals surface area contributed by atoms with E-state index < -0.39 is 0 Å². The predicted molar refractivity (Wildman–Crippen MR) is 69.9 cm³/mol. The van der Waals surface area contributed by atoms with Gasteiger partial charge in [0, 0.05) is 18.6 Å². The lowest BCUT2D eigenvalue weighted by atomic mass is 9.95. The molecule has 2 rings (SSSR count). The maximum absolute atomic E-state index is 5.50. The number of hydrogen-bond acceptors (Lipinski definition) is 4. The van der Waals surface area contributed by atoms with Crippen molar-refractivity contribution < 1.29 is 9.47 Å². The normalized spacial score (nSPS) is 21.5. The Bertz CT molecular complexity index is 384. The second kappa shape index (κ2) is 5.71. The van der Waals surface area contributed by atoms with Crippen molar-refractivity contribution >= 4 is 0 Å². The zero-order chi connectivity index (χ0) is 13.1. The van der Waals surface area contributed by atoms with Gasteiger partial charge in [-0.05, 0) is 27.3 Å². The summed E-state index contributed by atoms with van der Waals surface area (Å²) in [4.78, 5) is 0. The van der Waals surface area contributed by atoms with Crippen LogP contribution in [0.3, 0.4) is 0 Å². The maximum atomic E-state index is 5.50. The highest BCUT2D eigenvalue weighted by Gasteiger charge is 2.31. The Morgan fingerprint density at radius 2 is 2.33 bits per heavy atom. The van der Waals surface area contributed by atoms with Crippen LogP contribution >= 0.6 is 0 Å². The maximum Gasteiger partial charge on any atom is 0.161 e. The fourth-order valence-electron chi connectivity index (χ4n) is 2.63. The number of methoxy groups -OCH3 is 1. The summed E-state index contributed by atoms with van der Waals surface area (Å²) in [7, 11) is 3.68. The van der Waals surface area contributed by atoms with Gasteiger partial charge in [0.15, 0.2) is 5.75 Å². The van der Waals surface area contributed by atoms with Crippen LogP contribution in [0, 0.1) is 5.92 Å². The summed E-state index contributed by atoms with van der Waals surface area (Å²) in [6.07, 6.45) is 2.88. The third-order valence-electron chi connectivity index (χ3n) is 3.55. The van der Waals surface area contributed by atoms with Crippen molar-refractivity contribution in [3.8, 4) is 5.75 Å². The number of ether oxygens (including phenoxy) is 2. The van der Waals surface area contributed by atoms with Crippen LogP contribution in [-0.2, 0) is 4.74 Å². The molecule has 2 unspecified atom stereocenters. The Labute approximate surface area is 108 Å². The molecule has 102 valence electrons. The van der Waals surface area contributed by atoms with Crippen LogP contribution in [0.1, 0.15) is 38.0 Å². The molecule has 1 aromatic heterocycles. The average Bonchev–Trinajstić information content (AvgIpc) is 2.99. The Morgan fingerprint density at radius 1 is 1.56 bits per heavy atom. The fourth-order valence-corrected chi connectivity index (χ4v) is 2.63. The van der Waals surface area contributed by atoms with Crippen LogP contribution in [0.2, 0.25) is 0 Å². The van der Waals surface area contributed by atoms with Crippen LogP contribution in [0.15, 0.2) is 6.20 Å². The molecule has 18 heavy (non-hydrogen) atoms. The van der Waals surface area contributed by atoms with E-state index in [1.807, 2.05) is 11.7 Å². The monoisotopic (exact) mass is 253 g/mol. The number of nitrogens with one attached hydrogen (secondary N) is 1. The van der Waals surface area contributed by atoms with Crippen molar-refractivity contribution in [2.45, 2.75) is 32.4 Å². The molecular formula is C13H23N3O2. The highest BCUT2D eigenvalue weighted by atomic mass is 16.5. The average molecular weight is 253 g/mol. The van der Waals surface area contributed by atoms with Crippen LogP contribution in [0.4, 0.5) is 0 Å². The molecule has 1 saturated heterocycles. The van der Waals surface area contributed by atoms with Gasteiger partial charge in [0.25, 0.3) is 0 Å². The van der Waals surface area contributed by atoms with E-state index in [2.05, 4.69) is 24.3 Å². The van der Waals surface area contributed by atoms with E-state index in [9.17, 15) is 0 Å². The summed E-state index contributed by atoms with van der Waals surface area (Å²) < 4.78 is 13.0. The number of nitrogens with zero attached hydrogens (tertiary/aromatic N) is 2. The van der Waals surface area contributed by atoms with Crippen molar-refractivity contribution in [3.63, 3.8) is 0 Å². The molecule has 1 aliphatic rings. The molecule has 0 aliphatic carbocycles. The molecule has 1 aromatic rings. The number of hydrogen-bond donors (Lipinski definition) is 1. The molecule has 0 bridgehead atoms. The molecule has 1 fully saturated rings. The third-order valence-corrected chi connectivity index (χ3v) is 3.55. The van der Waals surface area contributed by atoms with E-state index in [0.29, 0.717) is 12.0 Å². The minimum Gasteiger partial charge on any atom is -0.493 e. The fraction of sp³-hybridized carbons (Fsp3) is 0.769. The second-order valence-electron chi connectivity index (χ2n) is 5.03. The number of aromatic nitrogens is 2. The SMILES string of the molecule is CNC(c1c(OC)cnn1C(C)C)C1CCOC1. The van der Waals surface area contributed by atoms with Gasteiger partial charge in [-0.25, -0.2) is 0 Å². The van der Waals surface area contributed by atoms with E-state index in [1.54, 1.807) is 13.3 Å². The summed E-state index contributed by atoms with van der Waals surface area (Å²) in [6.45, 7) is 5.92. The van der Waals surface area contributed by atoms with Gasteiger partial charge < -0.3 is 14.8 Å². The first-order valence-corrected chi connectivity index (χ1v) is 6.55. The molecule has 0 aromatic carbocycles. The van der Waals surface area contributed by atoms with E-state index in [1.165, 1.54) is 0 Å². The van der Waals surface area contributed by atoms with Gasteiger partial charge in [0.2, 0.25) is 0 Å². The molecule has 1 aliphatic heterocycles.